The molecule has 0 saturated carbocycles. The van der Waals surface area contributed by atoms with Gasteiger partial charge in [-0.15, -0.1) is 5.10 Å². The van der Waals surface area contributed by atoms with Gasteiger partial charge in [0.15, 0.2) is 0 Å². The number of hydrogen-bond acceptors (Lipinski definition) is 4. The summed E-state index contributed by atoms with van der Waals surface area (Å²) in [5.41, 5.74) is 8.99. The number of benzene rings is 1. The van der Waals surface area contributed by atoms with Gasteiger partial charge >= 0.3 is 0 Å². The molecule has 0 fully saturated rings. The normalized spacial score (nSPS) is 10.8. The topological polar surface area (TPSA) is 69.6 Å². The summed E-state index contributed by atoms with van der Waals surface area (Å²) in [6.45, 7) is 2.66. The molecule has 21 heavy (non-hydrogen) atoms. The third kappa shape index (κ3) is 2.47. The number of halogens is 1. The second-order valence-electron chi connectivity index (χ2n) is 4.58. The lowest BCUT2D eigenvalue weighted by Crippen LogP contribution is -2.00. The molecule has 0 radical (unpaired) electrons. The standard InChI is InChI=1S/C15H14FN5/c1-2-21-15(11-7-8-18-13(17)9-11)14(19-20-21)10-3-5-12(16)6-4-10/h3-9H,2H2,1H3,(H2,17,18). The summed E-state index contributed by atoms with van der Waals surface area (Å²) in [6.07, 6.45) is 1.64. The Kier molecular flexibility index (Phi) is 3.35. The smallest absolute Gasteiger partial charge is 0.123 e. The first-order valence-corrected chi connectivity index (χ1v) is 6.60. The molecule has 0 spiro atoms. The molecule has 6 heteroatoms. The second kappa shape index (κ2) is 5.32. The van der Waals surface area contributed by atoms with Crippen molar-refractivity contribution < 1.29 is 4.39 Å². The summed E-state index contributed by atoms with van der Waals surface area (Å²) in [7, 11) is 0. The van der Waals surface area contributed by atoms with Crippen molar-refractivity contribution in [2.45, 2.75) is 13.5 Å². The van der Waals surface area contributed by atoms with Crippen molar-refractivity contribution in [1.82, 2.24) is 20.0 Å². The minimum atomic E-state index is -0.281. The molecular weight excluding hydrogens is 269 g/mol. The Hall–Kier alpha value is -2.76. The molecule has 0 saturated heterocycles. The molecule has 2 heterocycles. The maximum atomic E-state index is 13.1. The second-order valence-corrected chi connectivity index (χ2v) is 4.58. The average molecular weight is 283 g/mol. The molecule has 0 atom stereocenters. The van der Waals surface area contributed by atoms with Gasteiger partial charge in [0.1, 0.15) is 17.3 Å². The molecule has 3 aromatic rings. The number of anilines is 1. The van der Waals surface area contributed by atoms with Gasteiger partial charge in [0.05, 0.1) is 5.69 Å². The van der Waals surface area contributed by atoms with Crippen LogP contribution in [0, 0.1) is 5.82 Å². The van der Waals surface area contributed by atoms with Crippen LogP contribution >= 0.6 is 0 Å². The van der Waals surface area contributed by atoms with Crippen molar-refractivity contribution in [3.63, 3.8) is 0 Å². The lowest BCUT2D eigenvalue weighted by molar-refractivity contribution is 0.628. The van der Waals surface area contributed by atoms with Crippen molar-refractivity contribution in [3.05, 3.63) is 48.4 Å². The van der Waals surface area contributed by atoms with E-state index in [4.69, 9.17) is 5.73 Å². The van der Waals surface area contributed by atoms with E-state index in [0.29, 0.717) is 18.1 Å². The number of nitrogens with zero attached hydrogens (tertiary/aromatic N) is 4. The molecule has 0 amide bonds. The van der Waals surface area contributed by atoms with E-state index in [1.807, 2.05) is 13.0 Å². The highest BCUT2D eigenvalue weighted by Crippen LogP contribution is 2.30. The Balaban J connectivity index is 2.19. The van der Waals surface area contributed by atoms with Gasteiger partial charge in [-0.2, -0.15) is 0 Å². The zero-order valence-corrected chi connectivity index (χ0v) is 11.5. The number of nitrogens with two attached hydrogens (primary N) is 1. The first kappa shape index (κ1) is 13.2. The van der Waals surface area contributed by atoms with Crippen molar-refractivity contribution >= 4 is 5.82 Å². The highest BCUT2D eigenvalue weighted by atomic mass is 19.1. The number of pyridine rings is 1. The van der Waals surface area contributed by atoms with Gasteiger partial charge in [-0.1, -0.05) is 5.21 Å². The monoisotopic (exact) mass is 283 g/mol. The highest BCUT2D eigenvalue weighted by molar-refractivity contribution is 5.78. The lowest BCUT2D eigenvalue weighted by Gasteiger charge is -2.07. The van der Waals surface area contributed by atoms with Crippen LogP contribution in [-0.2, 0) is 6.54 Å². The fourth-order valence-corrected chi connectivity index (χ4v) is 2.22. The van der Waals surface area contributed by atoms with E-state index in [2.05, 4.69) is 15.3 Å². The van der Waals surface area contributed by atoms with Crippen molar-refractivity contribution in [2.75, 3.05) is 5.73 Å². The number of aryl methyl sites for hydroxylation is 1. The summed E-state index contributed by atoms with van der Waals surface area (Å²) in [4.78, 5) is 4.00. The van der Waals surface area contributed by atoms with Gasteiger partial charge in [0.25, 0.3) is 0 Å². The van der Waals surface area contributed by atoms with E-state index in [-0.39, 0.29) is 5.82 Å². The Morgan fingerprint density at radius 3 is 2.57 bits per heavy atom. The van der Waals surface area contributed by atoms with Gasteiger partial charge in [-0.05, 0) is 43.3 Å². The van der Waals surface area contributed by atoms with E-state index < -0.39 is 0 Å². The first-order chi connectivity index (χ1) is 10.2. The largest absolute Gasteiger partial charge is 0.384 e. The summed E-state index contributed by atoms with van der Waals surface area (Å²) in [5.74, 6) is 0.151. The molecule has 3 rings (SSSR count). The molecule has 0 aliphatic heterocycles. The van der Waals surface area contributed by atoms with Gasteiger partial charge < -0.3 is 5.73 Å². The third-order valence-corrected chi connectivity index (χ3v) is 3.21. The highest BCUT2D eigenvalue weighted by Gasteiger charge is 2.16. The van der Waals surface area contributed by atoms with E-state index in [1.54, 1.807) is 29.1 Å². The van der Waals surface area contributed by atoms with Crippen molar-refractivity contribution in [3.8, 4) is 22.5 Å². The molecule has 106 valence electrons. The molecular formula is C15H14FN5. The van der Waals surface area contributed by atoms with Crippen LogP contribution in [0.1, 0.15) is 6.92 Å². The first-order valence-electron chi connectivity index (χ1n) is 6.60. The van der Waals surface area contributed by atoms with E-state index in [0.717, 1.165) is 16.8 Å². The molecule has 2 N–H and O–H groups in total. The number of rotatable bonds is 3. The third-order valence-electron chi connectivity index (χ3n) is 3.21. The molecule has 2 aromatic heterocycles. The van der Waals surface area contributed by atoms with E-state index in [9.17, 15) is 4.39 Å². The molecule has 0 unspecified atom stereocenters. The Morgan fingerprint density at radius 2 is 1.90 bits per heavy atom. The van der Waals surface area contributed by atoms with Crippen LogP contribution in [0.4, 0.5) is 10.2 Å². The SMILES string of the molecule is CCn1nnc(-c2ccc(F)cc2)c1-c1ccnc(N)c1. The fourth-order valence-electron chi connectivity index (χ4n) is 2.22. The minimum absolute atomic E-state index is 0.281. The van der Waals surface area contributed by atoms with Crippen molar-refractivity contribution in [2.24, 2.45) is 0 Å². The van der Waals surface area contributed by atoms with E-state index in [1.165, 1.54) is 12.1 Å². The maximum Gasteiger partial charge on any atom is 0.123 e. The lowest BCUT2D eigenvalue weighted by atomic mass is 10.1. The quantitative estimate of drug-likeness (QED) is 0.802. The summed E-state index contributed by atoms with van der Waals surface area (Å²) in [6, 6.07) is 9.82. The van der Waals surface area contributed by atoms with Gasteiger partial charge in [-0.3, -0.25) is 0 Å². The number of hydrogen-bond donors (Lipinski definition) is 1. The Morgan fingerprint density at radius 1 is 1.14 bits per heavy atom. The Bertz CT molecular complexity index is 764. The Labute approximate surface area is 121 Å². The average Bonchev–Trinajstić information content (AvgIpc) is 2.92. The van der Waals surface area contributed by atoms with Crippen LogP contribution in [0.25, 0.3) is 22.5 Å². The van der Waals surface area contributed by atoms with Crippen molar-refractivity contribution in [1.29, 1.82) is 0 Å². The van der Waals surface area contributed by atoms with Crippen LogP contribution < -0.4 is 5.73 Å². The fraction of sp³-hybridized carbons (Fsp3) is 0.133. The number of nitrogen functional groups attached to an aromatic ring is 1. The van der Waals surface area contributed by atoms with Crippen LogP contribution in [-0.4, -0.2) is 20.0 Å². The van der Waals surface area contributed by atoms with E-state index >= 15 is 0 Å². The summed E-state index contributed by atoms with van der Waals surface area (Å²) < 4.78 is 14.9. The molecule has 1 aromatic carbocycles. The van der Waals surface area contributed by atoms with Crippen LogP contribution in [0.2, 0.25) is 0 Å². The predicted octanol–water partition coefficient (Wildman–Crippen LogP) is 2.75. The molecule has 5 nitrogen and oxygen atoms in total. The minimum Gasteiger partial charge on any atom is -0.384 e. The zero-order valence-electron chi connectivity index (χ0n) is 11.5. The zero-order chi connectivity index (χ0) is 14.8. The number of aromatic nitrogens is 4. The molecule has 0 aliphatic carbocycles. The van der Waals surface area contributed by atoms with Gasteiger partial charge in [0.2, 0.25) is 0 Å². The van der Waals surface area contributed by atoms with Gasteiger partial charge in [0, 0.05) is 23.9 Å². The van der Waals surface area contributed by atoms with Gasteiger partial charge in [-0.25, -0.2) is 14.1 Å². The van der Waals surface area contributed by atoms with Crippen LogP contribution in [0.3, 0.4) is 0 Å². The maximum absolute atomic E-state index is 13.1. The predicted molar refractivity (Wildman–Crippen MR) is 78.7 cm³/mol. The van der Waals surface area contributed by atoms with Crippen LogP contribution in [0.15, 0.2) is 42.6 Å². The molecule has 0 bridgehead atoms. The summed E-state index contributed by atoms with van der Waals surface area (Å²) in [5, 5.41) is 8.37. The molecule has 0 aliphatic rings. The van der Waals surface area contributed by atoms with Crippen LogP contribution in [0.5, 0.6) is 0 Å². The summed E-state index contributed by atoms with van der Waals surface area (Å²) >= 11 is 0.